The average molecular weight is 457 g/mol. The summed E-state index contributed by atoms with van der Waals surface area (Å²) in [6, 6.07) is 5.80. The SMILES string of the molecule is CCN(CC)CCn1c(CCNC(=O)CC(C)(C)C)nc2cc(/C=C/C(=O)NN=O)ccc21. The average Bonchev–Trinajstić information content (AvgIpc) is 3.08. The Morgan fingerprint density at radius 1 is 1.21 bits per heavy atom. The molecule has 33 heavy (non-hydrogen) atoms. The quantitative estimate of drug-likeness (QED) is 0.289. The van der Waals surface area contributed by atoms with Crippen LogP contribution in [0.5, 0.6) is 0 Å². The molecular formula is C24H36N6O3. The van der Waals surface area contributed by atoms with Gasteiger partial charge in [0.1, 0.15) is 5.82 Å². The predicted molar refractivity (Wildman–Crippen MR) is 131 cm³/mol. The van der Waals surface area contributed by atoms with Crippen molar-refractivity contribution in [2.24, 2.45) is 10.7 Å². The van der Waals surface area contributed by atoms with Gasteiger partial charge in [-0.25, -0.2) is 10.4 Å². The number of amides is 2. The predicted octanol–water partition coefficient (Wildman–Crippen LogP) is 3.28. The standard InChI is InChI=1S/C24H36N6O3/c1-6-29(7-2)14-15-30-20-10-8-18(9-11-22(31)27-28-33)16-19(20)26-21(30)12-13-25-23(32)17-24(3,4)5/h8-11,16H,6-7,12-15,17H2,1-5H3,(H,25,32)(H,27,31,33)/b11-9+. The van der Waals surface area contributed by atoms with Gasteiger partial charge in [0.25, 0.3) is 5.91 Å². The van der Waals surface area contributed by atoms with E-state index in [0.717, 1.165) is 48.6 Å². The summed E-state index contributed by atoms with van der Waals surface area (Å²) in [5.41, 5.74) is 4.41. The third-order valence-corrected chi connectivity index (χ3v) is 5.33. The Morgan fingerprint density at radius 2 is 1.94 bits per heavy atom. The number of carbonyl (C=O) groups excluding carboxylic acids is 2. The second kappa shape index (κ2) is 12.2. The van der Waals surface area contributed by atoms with E-state index >= 15 is 0 Å². The molecule has 9 heteroatoms. The van der Waals surface area contributed by atoms with Crippen LogP contribution in [0.15, 0.2) is 29.6 Å². The van der Waals surface area contributed by atoms with Crippen LogP contribution in [-0.2, 0) is 22.6 Å². The summed E-state index contributed by atoms with van der Waals surface area (Å²) in [5.74, 6) is 0.377. The fourth-order valence-electron chi connectivity index (χ4n) is 3.63. The largest absolute Gasteiger partial charge is 0.356 e. The molecule has 0 aliphatic heterocycles. The van der Waals surface area contributed by atoms with E-state index in [1.54, 1.807) is 6.08 Å². The van der Waals surface area contributed by atoms with E-state index in [1.165, 1.54) is 6.08 Å². The number of benzene rings is 1. The molecule has 0 bridgehead atoms. The summed E-state index contributed by atoms with van der Waals surface area (Å²) in [4.78, 5) is 41.0. The zero-order valence-electron chi connectivity index (χ0n) is 20.4. The van der Waals surface area contributed by atoms with Gasteiger partial charge in [-0.15, -0.1) is 4.91 Å². The summed E-state index contributed by atoms with van der Waals surface area (Å²) >= 11 is 0. The first-order valence-corrected chi connectivity index (χ1v) is 11.5. The third kappa shape index (κ3) is 8.42. The number of rotatable bonds is 12. The van der Waals surface area contributed by atoms with E-state index in [2.05, 4.69) is 33.9 Å². The molecular weight excluding hydrogens is 420 g/mol. The van der Waals surface area contributed by atoms with Crippen LogP contribution in [0.4, 0.5) is 0 Å². The molecule has 0 saturated carbocycles. The number of hydrogen-bond donors (Lipinski definition) is 2. The minimum Gasteiger partial charge on any atom is -0.356 e. The fourth-order valence-corrected chi connectivity index (χ4v) is 3.63. The lowest BCUT2D eigenvalue weighted by atomic mass is 9.92. The summed E-state index contributed by atoms with van der Waals surface area (Å²) in [5, 5.41) is 5.38. The molecule has 1 aromatic heterocycles. The van der Waals surface area contributed by atoms with E-state index in [1.807, 2.05) is 44.4 Å². The number of imidazole rings is 1. The Hall–Kier alpha value is -3.07. The smallest absolute Gasteiger partial charge is 0.266 e. The van der Waals surface area contributed by atoms with Crippen LogP contribution in [0, 0.1) is 10.3 Å². The molecule has 2 N–H and O–H groups in total. The Kier molecular flexibility index (Phi) is 9.72. The molecule has 0 fully saturated rings. The molecule has 2 rings (SSSR count). The van der Waals surface area contributed by atoms with E-state index in [0.29, 0.717) is 19.4 Å². The molecule has 0 atom stereocenters. The van der Waals surface area contributed by atoms with E-state index < -0.39 is 5.91 Å². The highest BCUT2D eigenvalue weighted by Crippen LogP contribution is 2.20. The lowest BCUT2D eigenvalue weighted by molar-refractivity contribution is -0.122. The second-order valence-corrected chi connectivity index (χ2v) is 9.19. The molecule has 0 spiro atoms. The molecule has 0 unspecified atom stereocenters. The molecule has 2 amide bonds. The van der Waals surface area contributed by atoms with Crippen molar-refractivity contribution in [2.75, 3.05) is 26.2 Å². The molecule has 0 saturated heterocycles. The van der Waals surface area contributed by atoms with Gasteiger partial charge in [0, 0.05) is 38.6 Å². The van der Waals surface area contributed by atoms with Crippen LogP contribution in [0.2, 0.25) is 0 Å². The van der Waals surface area contributed by atoms with Crippen molar-refractivity contribution in [3.8, 4) is 0 Å². The minimum absolute atomic E-state index is 0.0452. The lowest BCUT2D eigenvalue weighted by Crippen LogP contribution is -2.30. The van der Waals surface area contributed by atoms with Gasteiger partial charge in [-0.3, -0.25) is 9.59 Å². The second-order valence-electron chi connectivity index (χ2n) is 9.19. The highest BCUT2D eigenvalue weighted by atomic mass is 16.3. The first-order chi connectivity index (χ1) is 15.7. The minimum atomic E-state index is -0.582. The van der Waals surface area contributed by atoms with Crippen LogP contribution in [0.3, 0.4) is 0 Å². The first kappa shape index (κ1) is 26.2. The van der Waals surface area contributed by atoms with Crippen molar-refractivity contribution in [3.05, 3.63) is 40.6 Å². The summed E-state index contributed by atoms with van der Waals surface area (Å²) in [6.45, 7) is 14.6. The van der Waals surface area contributed by atoms with Crippen molar-refractivity contribution >= 4 is 28.9 Å². The highest BCUT2D eigenvalue weighted by molar-refractivity contribution is 5.92. The number of nitroso groups, excluding NO2 is 1. The lowest BCUT2D eigenvalue weighted by Gasteiger charge is -2.19. The van der Waals surface area contributed by atoms with Crippen LogP contribution < -0.4 is 10.7 Å². The van der Waals surface area contributed by atoms with Crippen molar-refractivity contribution in [2.45, 2.75) is 54.0 Å². The Balaban J connectivity index is 2.23. The Morgan fingerprint density at radius 3 is 2.58 bits per heavy atom. The van der Waals surface area contributed by atoms with Gasteiger partial charge >= 0.3 is 0 Å². The zero-order chi connectivity index (χ0) is 24.4. The maximum absolute atomic E-state index is 12.2. The third-order valence-electron chi connectivity index (χ3n) is 5.33. The van der Waals surface area contributed by atoms with Crippen molar-refractivity contribution in [1.29, 1.82) is 0 Å². The van der Waals surface area contributed by atoms with E-state index in [9.17, 15) is 14.5 Å². The van der Waals surface area contributed by atoms with E-state index in [4.69, 9.17) is 4.98 Å². The molecule has 0 aliphatic rings. The molecule has 180 valence electrons. The van der Waals surface area contributed by atoms with Gasteiger partial charge in [0.05, 0.1) is 16.3 Å². The van der Waals surface area contributed by atoms with E-state index in [-0.39, 0.29) is 11.3 Å². The zero-order valence-corrected chi connectivity index (χ0v) is 20.4. The number of aromatic nitrogens is 2. The van der Waals surface area contributed by atoms with Crippen molar-refractivity contribution in [3.63, 3.8) is 0 Å². The van der Waals surface area contributed by atoms with Crippen LogP contribution in [-0.4, -0.2) is 52.4 Å². The highest BCUT2D eigenvalue weighted by Gasteiger charge is 2.16. The molecule has 2 aromatic rings. The van der Waals surface area contributed by atoms with Crippen LogP contribution in [0.1, 0.15) is 52.4 Å². The van der Waals surface area contributed by atoms with Gasteiger partial charge in [-0.05, 0) is 42.3 Å². The summed E-state index contributed by atoms with van der Waals surface area (Å²) < 4.78 is 2.21. The molecule has 0 radical (unpaired) electrons. The number of nitrogens with one attached hydrogen (secondary N) is 2. The van der Waals surface area contributed by atoms with Gasteiger partial charge < -0.3 is 14.8 Å². The normalized spacial score (nSPS) is 11.9. The Labute approximate surface area is 195 Å². The Bertz CT molecular complexity index is 986. The van der Waals surface area contributed by atoms with Gasteiger partial charge in [-0.2, -0.15) is 0 Å². The number of likely N-dealkylation sites (N-methyl/N-ethyl adjacent to an activating group) is 1. The maximum Gasteiger partial charge on any atom is 0.266 e. The fraction of sp³-hybridized carbons (Fsp3) is 0.542. The molecule has 9 nitrogen and oxygen atoms in total. The van der Waals surface area contributed by atoms with Crippen molar-refractivity contribution in [1.82, 2.24) is 25.2 Å². The molecule has 1 heterocycles. The van der Waals surface area contributed by atoms with Crippen LogP contribution >= 0.6 is 0 Å². The topological polar surface area (TPSA) is 109 Å². The monoisotopic (exact) mass is 456 g/mol. The first-order valence-electron chi connectivity index (χ1n) is 11.5. The number of fused-ring (bicyclic) bond motifs is 1. The molecule has 0 aliphatic carbocycles. The summed E-state index contributed by atoms with van der Waals surface area (Å²) in [7, 11) is 0. The van der Waals surface area contributed by atoms with Crippen LogP contribution in [0.25, 0.3) is 17.1 Å². The van der Waals surface area contributed by atoms with Crippen molar-refractivity contribution < 1.29 is 9.59 Å². The maximum atomic E-state index is 12.2. The van der Waals surface area contributed by atoms with Gasteiger partial charge in [0.2, 0.25) is 5.91 Å². The number of nitrogens with zero attached hydrogens (tertiary/aromatic N) is 4. The molecule has 1 aromatic carbocycles. The summed E-state index contributed by atoms with van der Waals surface area (Å²) in [6.07, 6.45) is 3.97. The van der Waals surface area contributed by atoms with Gasteiger partial charge in [-0.1, -0.05) is 40.7 Å². The number of hydrogen-bond acceptors (Lipinski definition) is 6. The van der Waals surface area contributed by atoms with Gasteiger partial charge in [0.15, 0.2) is 0 Å². The number of carbonyl (C=O) groups is 2.